The summed E-state index contributed by atoms with van der Waals surface area (Å²) < 4.78 is 0. The van der Waals surface area contributed by atoms with E-state index in [1.54, 1.807) is 0 Å². The standard InChI is InChI=1S/C15H22N2O/c1-13-7-3-4-8-14(13)15(18)16(2)11-12-17-9-5-6-10-17/h3-4,7-8H,5-6,9-12H2,1-2H3. The zero-order chi connectivity index (χ0) is 13.0. The van der Waals surface area contributed by atoms with Gasteiger partial charge in [-0.25, -0.2) is 0 Å². The van der Waals surface area contributed by atoms with Gasteiger partial charge in [-0.05, 0) is 44.5 Å². The highest BCUT2D eigenvalue weighted by molar-refractivity contribution is 5.95. The third-order valence-electron chi connectivity index (χ3n) is 3.67. The van der Waals surface area contributed by atoms with Gasteiger partial charge < -0.3 is 9.80 Å². The summed E-state index contributed by atoms with van der Waals surface area (Å²) in [5.41, 5.74) is 1.87. The maximum absolute atomic E-state index is 12.3. The van der Waals surface area contributed by atoms with Gasteiger partial charge in [0.2, 0.25) is 0 Å². The van der Waals surface area contributed by atoms with Crippen molar-refractivity contribution >= 4 is 5.91 Å². The third kappa shape index (κ3) is 3.10. The second-order valence-electron chi connectivity index (χ2n) is 5.09. The van der Waals surface area contributed by atoms with Crippen molar-refractivity contribution in [1.29, 1.82) is 0 Å². The molecule has 0 saturated carbocycles. The second kappa shape index (κ2) is 6.01. The van der Waals surface area contributed by atoms with E-state index >= 15 is 0 Å². The second-order valence-corrected chi connectivity index (χ2v) is 5.09. The van der Waals surface area contributed by atoms with Crippen molar-refractivity contribution < 1.29 is 4.79 Å². The number of likely N-dealkylation sites (tertiary alicyclic amines) is 1. The number of hydrogen-bond donors (Lipinski definition) is 0. The number of hydrogen-bond acceptors (Lipinski definition) is 2. The molecule has 0 atom stereocenters. The minimum Gasteiger partial charge on any atom is -0.340 e. The van der Waals surface area contributed by atoms with Gasteiger partial charge in [-0.3, -0.25) is 4.79 Å². The summed E-state index contributed by atoms with van der Waals surface area (Å²) in [6.45, 7) is 6.17. The maximum Gasteiger partial charge on any atom is 0.253 e. The lowest BCUT2D eigenvalue weighted by molar-refractivity contribution is 0.0781. The fraction of sp³-hybridized carbons (Fsp3) is 0.533. The lowest BCUT2D eigenvalue weighted by atomic mass is 10.1. The molecule has 0 bridgehead atoms. The van der Waals surface area contributed by atoms with E-state index in [0.717, 1.165) is 24.2 Å². The van der Waals surface area contributed by atoms with Crippen LogP contribution in [0.4, 0.5) is 0 Å². The summed E-state index contributed by atoms with van der Waals surface area (Å²) in [5.74, 6) is 0.132. The van der Waals surface area contributed by atoms with E-state index in [9.17, 15) is 4.79 Å². The van der Waals surface area contributed by atoms with Gasteiger partial charge >= 0.3 is 0 Å². The van der Waals surface area contributed by atoms with Crippen LogP contribution in [-0.2, 0) is 0 Å². The van der Waals surface area contributed by atoms with Gasteiger partial charge in [0.05, 0.1) is 0 Å². The predicted octanol–water partition coefficient (Wildman–Crippen LogP) is 2.16. The van der Waals surface area contributed by atoms with Crippen LogP contribution < -0.4 is 0 Å². The van der Waals surface area contributed by atoms with E-state index in [1.807, 2.05) is 43.1 Å². The average Bonchev–Trinajstić information content (AvgIpc) is 2.89. The van der Waals surface area contributed by atoms with Crippen LogP contribution >= 0.6 is 0 Å². The van der Waals surface area contributed by atoms with Crippen molar-refractivity contribution in [2.45, 2.75) is 19.8 Å². The smallest absolute Gasteiger partial charge is 0.253 e. The van der Waals surface area contributed by atoms with Gasteiger partial charge in [0.25, 0.3) is 5.91 Å². The molecule has 0 unspecified atom stereocenters. The van der Waals surface area contributed by atoms with Crippen molar-refractivity contribution in [3.8, 4) is 0 Å². The Kier molecular flexibility index (Phi) is 4.37. The van der Waals surface area contributed by atoms with Crippen LogP contribution in [0, 0.1) is 6.92 Å². The van der Waals surface area contributed by atoms with Gasteiger partial charge in [0.1, 0.15) is 0 Å². The quantitative estimate of drug-likeness (QED) is 0.813. The van der Waals surface area contributed by atoms with E-state index in [2.05, 4.69) is 4.90 Å². The number of benzene rings is 1. The fourth-order valence-electron chi connectivity index (χ4n) is 2.42. The molecule has 1 aromatic rings. The molecule has 18 heavy (non-hydrogen) atoms. The van der Waals surface area contributed by atoms with Crippen molar-refractivity contribution in [2.24, 2.45) is 0 Å². The monoisotopic (exact) mass is 246 g/mol. The predicted molar refractivity (Wildman–Crippen MR) is 73.8 cm³/mol. The minimum absolute atomic E-state index is 0.132. The van der Waals surface area contributed by atoms with E-state index < -0.39 is 0 Å². The Labute approximate surface area is 109 Å². The number of carbonyl (C=O) groups is 1. The third-order valence-corrected chi connectivity index (χ3v) is 3.67. The zero-order valence-corrected chi connectivity index (χ0v) is 11.4. The molecule has 0 spiro atoms. The maximum atomic E-state index is 12.3. The lowest BCUT2D eigenvalue weighted by Gasteiger charge is -2.22. The largest absolute Gasteiger partial charge is 0.340 e. The van der Waals surface area contributed by atoms with E-state index in [0.29, 0.717) is 0 Å². The van der Waals surface area contributed by atoms with Crippen LogP contribution in [0.5, 0.6) is 0 Å². The van der Waals surface area contributed by atoms with Crippen LogP contribution in [0.25, 0.3) is 0 Å². The molecule has 0 radical (unpaired) electrons. The van der Waals surface area contributed by atoms with Crippen LogP contribution in [0.3, 0.4) is 0 Å². The number of likely N-dealkylation sites (N-methyl/N-ethyl adjacent to an activating group) is 1. The lowest BCUT2D eigenvalue weighted by Crippen LogP contribution is -2.35. The molecule has 1 amide bonds. The van der Waals surface area contributed by atoms with Crippen LogP contribution in [0.2, 0.25) is 0 Å². The molecule has 0 aromatic heterocycles. The Bertz CT molecular complexity index is 411. The van der Waals surface area contributed by atoms with Crippen LogP contribution in [0.15, 0.2) is 24.3 Å². The zero-order valence-electron chi connectivity index (χ0n) is 11.4. The molecule has 1 heterocycles. The van der Waals surface area contributed by atoms with Gasteiger partial charge in [0, 0.05) is 25.7 Å². The number of aryl methyl sites for hydroxylation is 1. The van der Waals surface area contributed by atoms with Gasteiger partial charge in [-0.1, -0.05) is 18.2 Å². The Morgan fingerprint density at radius 3 is 2.61 bits per heavy atom. The highest BCUT2D eigenvalue weighted by Gasteiger charge is 2.16. The summed E-state index contributed by atoms with van der Waals surface area (Å²) in [5, 5.41) is 0. The number of nitrogens with zero attached hydrogens (tertiary/aromatic N) is 2. The first-order chi connectivity index (χ1) is 8.68. The van der Waals surface area contributed by atoms with Crippen LogP contribution in [0.1, 0.15) is 28.8 Å². The number of rotatable bonds is 4. The van der Waals surface area contributed by atoms with Crippen molar-refractivity contribution in [2.75, 3.05) is 33.2 Å². The first-order valence-corrected chi connectivity index (χ1v) is 6.72. The fourth-order valence-corrected chi connectivity index (χ4v) is 2.42. The SMILES string of the molecule is Cc1ccccc1C(=O)N(C)CCN1CCCC1. The molecule has 3 nitrogen and oxygen atoms in total. The molecule has 1 aliphatic heterocycles. The molecule has 0 N–H and O–H groups in total. The summed E-state index contributed by atoms with van der Waals surface area (Å²) >= 11 is 0. The van der Waals surface area contributed by atoms with Gasteiger partial charge in [0.15, 0.2) is 0 Å². The Morgan fingerprint density at radius 2 is 1.94 bits per heavy atom. The summed E-state index contributed by atoms with van der Waals surface area (Å²) in [7, 11) is 1.89. The van der Waals surface area contributed by atoms with Crippen molar-refractivity contribution in [1.82, 2.24) is 9.80 Å². The first kappa shape index (κ1) is 13.1. The van der Waals surface area contributed by atoms with E-state index in [-0.39, 0.29) is 5.91 Å². The highest BCUT2D eigenvalue weighted by atomic mass is 16.2. The van der Waals surface area contributed by atoms with Crippen LogP contribution in [-0.4, -0.2) is 48.9 Å². The Balaban J connectivity index is 1.90. The number of amides is 1. The molecular weight excluding hydrogens is 224 g/mol. The van der Waals surface area contributed by atoms with Crippen molar-refractivity contribution in [3.63, 3.8) is 0 Å². The van der Waals surface area contributed by atoms with E-state index in [1.165, 1.54) is 25.9 Å². The van der Waals surface area contributed by atoms with E-state index in [4.69, 9.17) is 0 Å². The Hall–Kier alpha value is -1.35. The van der Waals surface area contributed by atoms with Gasteiger partial charge in [-0.15, -0.1) is 0 Å². The summed E-state index contributed by atoms with van der Waals surface area (Å²) in [4.78, 5) is 16.5. The summed E-state index contributed by atoms with van der Waals surface area (Å²) in [6.07, 6.45) is 2.60. The average molecular weight is 246 g/mol. The molecule has 3 heteroatoms. The van der Waals surface area contributed by atoms with Crippen molar-refractivity contribution in [3.05, 3.63) is 35.4 Å². The number of carbonyl (C=O) groups excluding carboxylic acids is 1. The molecule has 98 valence electrons. The Morgan fingerprint density at radius 1 is 1.28 bits per heavy atom. The molecule has 1 saturated heterocycles. The molecule has 1 aromatic carbocycles. The molecule has 1 fully saturated rings. The normalized spacial score (nSPS) is 15.9. The first-order valence-electron chi connectivity index (χ1n) is 6.72. The van der Waals surface area contributed by atoms with Gasteiger partial charge in [-0.2, -0.15) is 0 Å². The topological polar surface area (TPSA) is 23.6 Å². The molecule has 0 aliphatic carbocycles. The highest BCUT2D eigenvalue weighted by Crippen LogP contribution is 2.11. The molecule has 2 rings (SSSR count). The molecule has 1 aliphatic rings. The minimum atomic E-state index is 0.132. The molecular formula is C15H22N2O. The summed E-state index contributed by atoms with van der Waals surface area (Å²) in [6, 6.07) is 7.79.